The largest absolute Gasteiger partial charge is 0.492 e. The van der Waals surface area contributed by atoms with Crippen LogP contribution in [0.4, 0.5) is 0 Å². The van der Waals surface area contributed by atoms with Gasteiger partial charge in [-0.3, -0.25) is 0 Å². The van der Waals surface area contributed by atoms with Crippen LogP contribution in [0.25, 0.3) is 0 Å². The summed E-state index contributed by atoms with van der Waals surface area (Å²) in [5, 5.41) is 3.55. The van der Waals surface area contributed by atoms with Crippen LogP contribution in [-0.2, 0) is 10.2 Å². The summed E-state index contributed by atoms with van der Waals surface area (Å²) in [6.45, 7) is 10.0. The molecule has 1 fully saturated rings. The molecule has 1 N–H and O–H groups in total. The number of hydrogen-bond donors (Lipinski definition) is 1. The Morgan fingerprint density at radius 2 is 1.90 bits per heavy atom. The molecule has 0 aliphatic carbocycles. The van der Waals surface area contributed by atoms with Crippen molar-refractivity contribution in [3.05, 3.63) is 29.8 Å². The summed E-state index contributed by atoms with van der Waals surface area (Å²) in [5.74, 6) is 1.01. The average molecular weight is 277 g/mol. The molecule has 3 nitrogen and oxygen atoms in total. The molecule has 0 saturated carbocycles. The van der Waals surface area contributed by atoms with Crippen LogP contribution in [-0.4, -0.2) is 32.4 Å². The molecule has 1 aromatic rings. The summed E-state index contributed by atoms with van der Waals surface area (Å²) in [4.78, 5) is 0. The monoisotopic (exact) mass is 277 g/mol. The van der Waals surface area contributed by atoms with E-state index in [4.69, 9.17) is 9.47 Å². The van der Waals surface area contributed by atoms with E-state index >= 15 is 0 Å². The Bertz CT molecular complexity index is 406. The molecule has 0 aromatic heterocycles. The Labute approximate surface area is 122 Å². The fourth-order valence-electron chi connectivity index (χ4n) is 2.54. The van der Waals surface area contributed by atoms with Crippen molar-refractivity contribution in [3.8, 4) is 5.75 Å². The van der Waals surface area contributed by atoms with Gasteiger partial charge in [0.05, 0.1) is 0 Å². The van der Waals surface area contributed by atoms with Crippen molar-refractivity contribution < 1.29 is 9.47 Å². The summed E-state index contributed by atoms with van der Waals surface area (Å²) in [6.07, 6.45) is 2.22. The van der Waals surface area contributed by atoms with E-state index in [1.807, 2.05) is 6.07 Å². The zero-order valence-corrected chi connectivity index (χ0v) is 12.9. The molecule has 1 aliphatic rings. The first kappa shape index (κ1) is 15.3. The van der Waals surface area contributed by atoms with E-state index < -0.39 is 0 Å². The van der Waals surface area contributed by atoms with Crippen molar-refractivity contribution in [2.24, 2.45) is 0 Å². The normalized spacial score (nSPS) is 17.1. The molecule has 1 saturated heterocycles. The van der Waals surface area contributed by atoms with Crippen LogP contribution >= 0.6 is 0 Å². The maximum absolute atomic E-state index is 5.96. The molecule has 0 unspecified atom stereocenters. The van der Waals surface area contributed by atoms with Gasteiger partial charge in [0.15, 0.2) is 0 Å². The molecule has 1 aliphatic heterocycles. The maximum Gasteiger partial charge on any atom is 0.123 e. The molecular weight excluding hydrogens is 250 g/mol. The minimum absolute atomic E-state index is 0.116. The van der Waals surface area contributed by atoms with Gasteiger partial charge in [0.25, 0.3) is 0 Å². The van der Waals surface area contributed by atoms with Crippen molar-refractivity contribution in [1.29, 1.82) is 0 Å². The number of benzene rings is 1. The molecule has 0 spiro atoms. The molecule has 3 heteroatoms. The molecular formula is C17H27NO2. The van der Waals surface area contributed by atoms with Crippen molar-refractivity contribution >= 4 is 0 Å². The van der Waals surface area contributed by atoms with Crippen molar-refractivity contribution in [1.82, 2.24) is 5.32 Å². The summed E-state index contributed by atoms with van der Waals surface area (Å²) in [6, 6.07) is 8.92. The van der Waals surface area contributed by atoms with Crippen molar-refractivity contribution in [2.75, 3.05) is 26.4 Å². The van der Waals surface area contributed by atoms with E-state index in [1.54, 1.807) is 0 Å². The molecule has 0 radical (unpaired) electrons. The van der Waals surface area contributed by atoms with Crippen LogP contribution in [0.3, 0.4) is 0 Å². The predicted molar refractivity (Wildman–Crippen MR) is 82.5 cm³/mol. The summed E-state index contributed by atoms with van der Waals surface area (Å²) in [7, 11) is 0. The zero-order valence-electron chi connectivity index (χ0n) is 12.9. The minimum atomic E-state index is 0.116. The minimum Gasteiger partial charge on any atom is -0.492 e. The highest BCUT2D eigenvalue weighted by Gasteiger charge is 2.18. The zero-order chi connectivity index (χ0) is 14.4. The van der Waals surface area contributed by atoms with Crippen LogP contribution in [0.1, 0.15) is 39.2 Å². The van der Waals surface area contributed by atoms with E-state index in [2.05, 4.69) is 44.3 Å². The highest BCUT2D eigenvalue weighted by atomic mass is 16.5. The van der Waals surface area contributed by atoms with Gasteiger partial charge in [0, 0.05) is 25.8 Å². The van der Waals surface area contributed by atoms with Gasteiger partial charge in [-0.05, 0) is 29.9 Å². The Morgan fingerprint density at radius 3 is 2.60 bits per heavy atom. The number of nitrogens with one attached hydrogen (secondary N) is 1. The van der Waals surface area contributed by atoms with Crippen LogP contribution in [0.2, 0.25) is 0 Å². The second-order valence-corrected chi connectivity index (χ2v) is 6.44. The van der Waals surface area contributed by atoms with Gasteiger partial charge >= 0.3 is 0 Å². The Balaban J connectivity index is 1.79. The quantitative estimate of drug-likeness (QED) is 0.839. The van der Waals surface area contributed by atoms with Gasteiger partial charge in [-0.1, -0.05) is 39.0 Å². The summed E-state index contributed by atoms with van der Waals surface area (Å²) in [5.41, 5.74) is 1.39. The maximum atomic E-state index is 5.96. The number of rotatable bonds is 5. The summed E-state index contributed by atoms with van der Waals surface area (Å²) >= 11 is 0. The third-order valence-electron chi connectivity index (χ3n) is 3.71. The molecule has 1 aromatic carbocycles. The fourth-order valence-corrected chi connectivity index (χ4v) is 2.54. The topological polar surface area (TPSA) is 30.5 Å². The number of para-hydroxylation sites is 1. The lowest BCUT2D eigenvalue weighted by atomic mass is 9.86. The van der Waals surface area contributed by atoms with E-state index in [1.165, 1.54) is 5.56 Å². The van der Waals surface area contributed by atoms with Crippen molar-refractivity contribution in [2.45, 2.75) is 45.1 Å². The van der Waals surface area contributed by atoms with Gasteiger partial charge < -0.3 is 14.8 Å². The second kappa shape index (κ2) is 7.09. The van der Waals surface area contributed by atoms with E-state index in [0.717, 1.165) is 38.3 Å². The predicted octanol–water partition coefficient (Wildman–Crippen LogP) is 3.13. The number of hydrogen-bond acceptors (Lipinski definition) is 3. The second-order valence-electron chi connectivity index (χ2n) is 6.44. The lowest BCUT2D eigenvalue weighted by molar-refractivity contribution is 0.0770. The molecule has 0 amide bonds. The standard InChI is InChI=1S/C17H27NO2/c1-17(2,3)15-6-4-5-7-16(15)20-13-10-18-14-8-11-19-12-9-14/h4-7,14,18H,8-13H2,1-3H3. The fraction of sp³-hybridized carbons (Fsp3) is 0.647. The van der Waals surface area contributed by atoms with Gasteiger partial charge in [-0.2, -0.15) is 0 Å². The van der Waals surface area contributed by atoms with Gasteiger partial charge in [0.2, 0.25) is 0 Å². The Morgan fingerprint density at radius 1 is 1.20 bits per heavy atom. The summed E-state index contributed by atoms with van der Waals surface area (Å²) < 4.78 is 11.3. The number of ether oxygens (including phenoxy) is 2. The first-order valence-corrected chi connectivity index (χ1v) is 7.61. The molecule has 2 rings (SSSR count). The molecule has 20 heavy (non-hydrogen) atoms. The van der Waals surface area contributed by atoms with Crippen LogP contribution in [0, 0.1) is 0 Å². The molecule has 1 heterocycles. The van der Waals surface area contributed by atoms with E-state index in [9.17, 15) is 0 Å². The third-order valence-corrected chi connectivity index (χ3v) is 3.71. The smallest absolute Gasteiger partial charge is 0.123 e. The van der Waals surface area contributed by atoms with E-state index in [0.29, 0.717) is 12.6 Å². The molecule has 0 bridgehead atoms. The van der Waals surface area contributed by atoms with Gasteiger partial charge in [0.1, 0.15) is 12.4 Å². The first-order chi connectivity index (χ1) is 9.57. The SMILES string of the molecule is CC(C)(C)c1ccccc1OCCNC1CCOCC1. The highest BCUT2D eigenvalue weighted by Crippen LogP contribution is 2.30. The molecule has 112 valence electrons. The van der Waals surface area contributed by atoms with Crippen LogP contribution in [0.5, 0.6) is 5.75 Å². The first-order valence-electron chi connectivity index (χ1n) is 7.61. The Kier molecular flexibility index (Phi) is 5.44. The third kappa shape index (κ3) is 4.50. The van der Waals surface area contributed by atoms with Gasteiger partial charge in [-0.25, -0.2) is 0 Å². The lowest BCUT2D eigenvalue weighted by Gasteiger charge is -2.24. The lowest BCUT2D eigenvalue weighted by Crippen LogP contribution is -2.37. The van der Waals surface area contributed by atoms with Crippen LogP contribution in [0.15, 0.2) is 24.3 Å². The van der Waals surface area contributed by atoms with Crippen molar-refractivity contribution in [3.63, 3.8) is 0 Å². The Hall–Kier alpha value is -1.06. The average Bonchev–Trinajstić information content (AvgIpc) is 2.44. The highest BCUT2D eigenvalue weighted by molar-refractivity contribution is 5.38. The van der Waals surface area contributed by atoms with Gasteiger partial charge in [-0.15, -0.1) is 0 Å². The van der Waals surface area contributed by atoms with E-state index in [-0.39, 0.29) is 5.41 Å². The molecule has 0 atom stereocenters. The van der Waals surface area contributed by atoms with Crippen LogP contribution < -0.4 is 10.1 Å².